The monoisotopic (exact) mass is 275 g/mol. The van der Waals surface area contributed by atoms with Gasteiger partial charge in [0.05, 0.1) is 21.8 Å². The highest BCUT2D eigenvalue weighted by atomic mass is 32.1. The van der Waals surface area contributed by atoms with Crippen molar-refractivity contribution in [3.63, 3.8) is 0 Å². The first kappa shape index (κ1) is 13.3. The summed E-state index contributed by atoms with van der Waals surface area (Å²) in [5.41, 5.74) is 2.02. The molecule has 0 spiro atoms. The fourth-order valence-electron chi connectivity index (χ4n) is 1.56. The molecule has 0 saturated heterocycles. The number of nitrogens with one attached hydrogen (secondary N) is 1. The lowest BCUT2D eigenvalue weighted by atomic mass is 10.3. The first-order chi connectivity index (χ1) is 9.10. The zero-order valence-electron chi connectivity index (χ0n) is 10.6. The first-order valence-corrected chi connectivity index (χ1v) is 6.48. The second kappa shape index (κ2) is 5.69. The summed E-state index contributed by atoms with van der Waals surface area (Å²) in [6.45, 7) is 1.65. The molecule has 98 valence electrons. The van der Waals surface area contributed by atoms with E-state index in [4.69, 9.17) is 5.11 Å². The number of amides is 1. The number of hydrogen-bond acceptors (Lipinski definition) is 4. The average Bonchev–Trinajstić information content (AvgIpc) is 2.94. The molecule has 0 bridgehead atoms. The predicted octanol–water partition coefficient (Wildman–Crippen LogP) is 1.39. The Morgan fingerprint density at radius 1 is 1.63 bits per heavy atom. The molecule has 2 aromatic heterocycles. The molecule has 0 radical (unpaired) electrons. The maximum Gasteiger partial charge on any atom is 0.256 e. The van der Waals surface area contributed by atoms with E-state index in [-0.39, 0.29) is 12.5 Å². The van der Waals surface area contributed by atoms with E-state index in [1.165, 1.54) is 11.3 Å². The minimum Gasteiger partial charge on any atom is -0.384 e. The lowest BCUT2D eigenvalue weighted by molar-refractivity contribution is 0.102. The van der Waals surface area contributed by atoms with Crippen LogP contribution in [0.5, 0.6) is 0 Å². The largest absolute Gasteiger partial charge is 0.384 e. The molecule has 0 aliphatic carbocycles. The first-order valence-electron chi connectivity index (χ1n) is 5.60. The fraction of sp³-hybridized carbons (Fsp3) is 0.231. The van der Waals surface area contributed by atoms with Crippen LogP contribution in [0.25, 0.3) is 0 Å². The van der Waals surface area contributed by atoms with Crippen molar-refractivity contribution in [3.05, 3.63) is 33.8 Å². The van der Waals surface area contributed by atoms with Gasteiger partial charge in [0.15, 0.2) is 0 Å². The number of aromatic nitrogens is 2. The summed E-state index contributed by atoms with van der Waals surface area (Å²) in [5.74, 6) is 5.13. The molecule has 0 aliphatic rings. The Labute approximate surface area is 114 Å². The number of carbonyl (C=O) groups excluding carboxylic acids is 1. The number of carbonyl (C=O) groups is 1. The molecule has 2 N–H and O–H groups in total. The van der Waals surface area contributed by atoms with E-state index in [0.717, 1.165) is 10.6 Å². The van der Waals surface area contributed by atoms with Crippen LogP contribution in [0.1, 0.15) is 20.9 Å². The maximum absolute atomic E-state index is 12.0. The van der Waals surface area contributed by atoms with E-state index >= 15 is 0 Å². The molecule has 19 heavy (non-hydrogen) atoms. The SMILES string of the molecule is Cc1nn(C)cc1NC(=O)c1csc(C#CCO)c1. The molecule has 0 fully saturated rings. The van der Waals surface area contributed by atoms with Gasteiger partial charge in [0.25, 0.3) is 5.91 Å². The highest BCUT2D eigenvalue weighted by molar-refractivity contribution is 7.10. The Hall–Kier alpha value is -2.10. The van der Waals surface area contributed by atoms with E-state index in [0.29, 0.717) is 11.3 Å². The van der Waals surface area contributed by atoms with Gasteiger partial charge in [0.2, 0.25) is 0 Å². The van der Waals surface area contributed by atoms with Crippen molar-refractivity contribution in [1.82, 2.24) is 9.78 Å². The van der Waals surface area contributed by atoms with E-state index in [1.54, 1.807) is 29.4 Å². The highest BCUT2D eigenvalue weighted by Gasteiger charge is 2.11. The summed E-state index contributed by atoms with van der Waals surface area (Å²) >= 11 is 1.37. The van der Waals surface area contributed by atoms with Crippen LogP contribution >= 0.6 is 11.3 Å². The lowest BCUT2D eigenvalue weighted by Gasteiger charge is -2.00. The molecular weight excluding hydrogens is 262 g/mol. The van der Waals surface area contributed by atoms with Gasteiger partial charge in [-0.1, -0.05) is 11.8 Å². The molecular formula is C13H13N3O2S. The van der Waals surface area contributed by atoms with Crippen LogP contribution in [-0.4, -0.2) is 27.4 Å². The van der Waals surface area contributed by atoms with Gasteiger partial charge in [-0.3, -0.25) is 9.48 Å². The Kier molecular flexibility index (Phi) is 4.00. The van der Waals surface area contributed by atoms with E-state index in [2.05, 4.69) is 22.3 Å². The van der Waals surface area contributed by atoms with Gasteiger partial charge < -0.3 is 10.4 Å². The summed E-state index contributed by atoms with van der Waals surface area (Å²) in [6, 6.07) is 1.70. The third-order valence-electron chi connectivity index (χ3n) is 2.41. The van der Waals surface area contributed by atoms with E-state index in [9.17, 15) is 4.79 Å². The molecule has 6 heteroatoms. The summed E-state index contributed by atoms with van der Waals surface area (Å²) < 4.78 is 1.65. The number of rotatable bonds is 2. The van der Waals surface area contributed by atoms with Crippen molar-refractivity contribution in [2.24, 2.45) is 7.05 Å². The van der Waals surface area contributed by atoms with Crippen LogP contribution < -0.4 is 5.32 Å². The van der Waals surface area contributed by atoms with Crippen molar-refractivity contribution < 1.29 is 9.90 Å². The van der Waals surface area contributed by atoms with E-state index in [1.807, 2.05) is 6.92 Å². The van der Waals surface area contributed by atoms with Crippen molar-refractivity contribution in [1.29, 1.82) is 0 Å². The predicted molar refractivity (Wildman–Crippen MR) is 74.2 cm³/mol. The van der Waals surface area contributed by atoms with Crippen molar-refractivity contribution in [2.75, 3.05) is 11.9 Å². The van der Waals surface area contributed by atoms with Crippen LogP contribution in [-0.2, 0) is 7.05 Å². The summed E-state index contributed by atoms with van der Waals surface area (Å²) in [6.07, 6.45) is 1.76. The normalized spacial score (nSPS) is 9.84. The van der Waals surface area contributed by atoms with Crippen LogP contribution in [0.15, 0.2) is 17.6 Å². The molecule has 0 saturated carbocycles. The zero-order chi connectivity index (χ0) is 13.8. The summed E-state index contributed by atoms with van der Waals surface area (Å²) in [7, 11) is 1.80. The standard InChI is InChI=1S/C13H13N3O2S/c1-9-12(7-16(2)15-9)14-13(18)10-6-11(19-8-10)4-3-5-17/h6-8,17H,5H2,1-2H3,(H,14,18). The van der Waals surface area contributed by atoms with Gasteiger partial charge >= 0.3 is 0 Å². The number of aliphatic hydroxyl groups excluding tert-OH is 1. The fourth-order valence-corrected chi connectivity index (χ4v) is 2.32. The molecule has 2 aromatic rings. The zero-order valence-corrected chi connectivity index (χ0v) is 11.4. The van der Waals surface area contributed by atoms with Crippen LogP contribution in [0.3, 0.4) is 0 Å². The van der Waals surface area contributed by atoms with Crippen molar-refractivity contribution in [3.8, 4) is 11.8 Å². The number of anilines is 1. The molecule has 0 atom stereocenters. The smallest absolute Gasteiger partial charge is 0.256 e. The quantitative estimate of drug-likeness (QED) is 0.814. The summed E-state index contributed by atoms with van der Waals surface area (Å²) in [4.78, 5) is 12.8. The van der Waals surface area contributed by atoms with Gasteiger partial charge in [0, 0.05) is 18.6 Å². The minimum absolute atomic E-state index is 0.186. The Morgan fingerprint density at radius 2 is 2.42 bits per heavy atom. The lowest BCUT2D eigenvalue weighted by Crippen LogP contribution is -2.11. The van der Waals surface area contributed by atoms with Crippen molar-refractivity contribution >= 4 is 22.9 Å². The molecule has 0 aromatic carbocycles. The van der Waals surface area contributed by atoms with Crippen LogP contribution in [0.2, 0.25) is 0 Å². The van der Waals surface area contributed by atoms with E-state index < -0.39 is 0 Å². The third-order valence-corrected chi connectivity index (χ3v) is 3.26. The number of hydrogen-bond donors (Lipinski definition) is 2. The maximum atomic E-state index is 12.0. The van der Waals surface area contributed by atoms with Gasteiger partial charge in [0.1, 0.15) is 6.61 Å². The molecule has 5 nitrogen and oxygen atoms in total. The molecule has 0 unspecified atom stereocenters. The van der Waals surface area contributed by atoms with Gasteiger partial charge in [-0.05, 0) is 13.0 Å². The highest BCUT2D eigenvalue weighted by Crippen LogP contribution is 2.17. The molecule has 2 rings (SSSR count). The Bertz CT molecular complexity index is 661. The third kappa shape index (κ3) is 3.22. The average molecular weight is 275 g/mol. The van der Waals surface area contributed by atoms with Gasteiger partial charge in [-0.2, -0.15) is 5.10 Å². The number of nitrogens with zero attached hydrogens (tertiary/aromatic N) is 2. The van der Waals surface area contributed by atoms with Crippen molar-refractivity contribution in [2.45, 2.75) is 6.92 Å². The van der Waals surface area contributed by atoms with Gasteiger partial charge in [-0.15, -0.1) is 11.3 Å². The minimum atomic E-state index is -0.190. The van der Waals surface area contributed by atoms with Crippen LogP contribution in [0.4, 0.5) is 5.69 Å². The number of thiophene rings is 1. The van der Waals surface area contributed by atoms with Crippen LogP contribution in [0, 0.1) is 18.8 Å². The molecule has 2 heterocycles. The molecule has 1 amide bonds. The second-order valence-corrected chi connectivity index (χ2v) is 4.83. The topological polar surface area (TPSA) is 67.2 Å². The second-order valence-electron chi connectivity index (χ2n) is 3.92. The Morgan fingerprint density at radius 3 is 3.05 bits per heavy atom. The molecule has 0 aliphatic heterocycles. The number of aliphatic hydroxyl groups is 1. The van der Waals surface area contributed by atoms with Gasteiger partial charge in [-0.25, -0.2) is 0 Å². The summed E-state index contributed by atoms with van der Waals surface area (Å²) in [5, 5.41) is 17.3. The number of aryl methyl sites for hydroxylation is 2. The Balaban J connectivity index is 2.12.